The van der Waals surface area contributed by atoms with Crippen molar-refractivity contribution in [1.82, 2.24) is 0 Å². The highest BCUT2D eigenvalue weighted by atomic mass is 35.5. The molecule has 0 aliphatic rings. The van der Waals surface area contributed by atoms with Crippen molar-refractivity contribution in [3.8, 4) is 5.75 Å². The molecule has 4 heteroatoms. The number of benzene rings is 2. The summed E-state index contributed by atoms with van der Waals surface area (Å²) in [5.41, 5.74) is 2.83. The molecule has 20 heavy (non-hydrogen) atoms. The van der Waals surface area contributed by atoms with Gasteiger partial charge in [0, 0.05) is 10.6 Å². The summed E-state index contributed by atoms with van der Waals surface area (Å²) in [5.74, 6) is 0.0766. The van der Waals surface area contributed by atoms with Gasteiger partial charge < -0.3 is 10.3 Å². The van der Waals surface area contributed by atoms with Crippen LogP contribution in [0.15, 0.2) is 47.6 Å². The summed E-state index contributed by atoms with van der Waals surface area (Å²) in [6.07, 6.45) is 1.25. The van der Waals surface area contributed by atoms with E-state index in [0.717, 1.165) is 17.5 Å². The zero-order chi connectivity index (χ0) is 14.5. The molecule has 0 aliphatic heterocycles. The summed E-state index contributed by atoms with van der Waals surface area (Å²) in [7, 11) is 0. The molecule has 0 atom stereocenters. The van der Waals surface area contributed by atoms with Crippen LogP contribution in [0.1, 0.15) is 23.1 Å². The van der Waals surface area contributed by atoms with Crippen LogP contribution in [-0.2, 0) is 6.42 Å². The molecule has 0 aromatic heterocycles. The number of phenolic OH excluding ortho intramolecular Hbond substituents is 1. The molecule has 0 bridgehead atoms. The number of nitrogens with zero attached hydrogens (tertiary/aromatic N) is 1. The number of aryl methyl sites for hydroxylation is 2. The first kappa shape index (κ1) is 14.4. The lowest BCUT2D eigenvalue weighted by molar-refractivity contribution is 0.317. The minimum absolute atomic E-state index is 0.0766. The fourth-order valence-electron chi connectivity index (χ4n) is 2.04. The molecule has 2 aromatic carbocycles. The predicted molar refractivity (Wildman–Crippen MR) is 80.9 cm³/mol. The van der Waals surface area contributed by atoms with Crippen LogP contribution in [0.3, 0.4) is 0 Å². The minimum atomic E-state index is 0.0766. The van der Waals surface area contributed by atoms with E-state index in [1.807, 2.05) is 37.3 Å². The fraction of sp³-hybridized carbons (Fsp3) is 0.188. The Hall–Kier alpha value is -2.00. The maximum atomic E-state index is 9.96. The maximum Gasteiger partial charge on any atom is 0.125 e. The molecule has 2 aromatic rings. The minimum Gasteiger partial charge on any atom is -0.507 e. The summed E-state index contributed by atoms with van der Waals surface area (Å²) in [4.78, 5) is 0. The topological polar surface area (TPSA) is 52.8 Å². The van der Waals surface area contributed by atoms with Crippen molar-refractivity contribution in [1.29, 1.82) is 0 Å². The SMILES string of the molecule is Cc1cc(O)c(C(CCc2ccccc2)=NO)cc1Cl. The molecule has 0 radical (unpaired) electrons. The van der Waals surface area contributed by atoms with Gasteiger partial charge in [0.25, 0.3) is 0 Å². The second-order valence-corrected chi connectivity index (χ2v) is 5.06. The summed E-state index contributed by atoms with van der Waals surface area (Å²) in [5, 5.41) is 23.0. The van der Waals surface area contributed by atoms with E-state index in [0.29, 0.717) is 22.7 Å². The van der Waals surface area contributed by atoms with Gasteiger partial charge in [0.1, 0.15) is 5.75 Å². The van der Waals surface area contributed by atoms with Crippen molar-refractivity contribution < 1.29 is 10.3 Å². The zero-order valence-corrected chi connectivity index (χ0v) is 11.9. The van der Waals surface area contributed by atoms with E-state index < -0.39 is 0 Å². The van der Waals surface area contributed by atoms with Gasteiger partial charge >= 0.3 is 0 Å². The van der Waals surface area contributed by atoms with Crippen LogP contribution in [-0.4, -0.2) is 16.0 Å². The summed E-state index contributed by atoms with van der Waals surface area (Å²) >= 11 is 6.06. The van der Waals surface area contributed by atoms with Gasteiger partial charge in [-0.25, -0.2) is 0 Å². The molecule has 0 fully saturated rings. The molecule has 0 heterocycles. The quantitative estimate of drug-likeness (QED) is 0.504. The van der Waals surface area contributed by atoms with Gasteiger partial charge in [-0.2, -0.15) is 0 Å². The third-order valence-corrected chi connectivity index (χ3v) is 3.61. The van der Waals surface area contributed by atoms with Gasteiger partial charge in [0.15, 0.2) is 0 Å². The Morgan fingerprint density at radius 3 is 2.55 bits per heavy atom. The highest BCUT2D eigenvalue weighted by molar-refractivity contribution is 6.31. The van der Waals surface area contributed by atoms with Crippen molar-refractivity contribution in [2.24, 2.45) is 5.16 Å². The van der Waals surface area contributed by atoms with E-state index in [4.69, 9.17) is 11.6 Å². The Morgan fingerprint density at radius 2 is 1.90 bits per heavy atom. The average molecular weight is 290 g/mol. The molecule has 0 spiro atoms. The van der Waals surface area contributed by atoms with Gasteiger partial charge in [0.05, 0.1) is 5.71 Å². The second kappa shape index (κ2) is 6.44. The van der Waals surface area contributed by atoms with Crippen LogP contribution in [0, 0.1) is 6.92 Å². The normalized spacial score (nSPS) is 11.6. The van der Waals surface area contributed by atoms with Crippen molar-refractivity contribution in [2.75, 3.05) is 0 Å². The molecular weight excluding hydrogens is 274 g/mol. The van der Waals surface area contributed by atoms with Crippen LogP contribution in [0.4, 0.5) is 0 Å². The van der Waals surface area contributed by atoms with E-state index in [9.17, 15) is 10.3 Å². The highest BCUT2D eigenvalue weighted by Crippen LogP contribution is 2.27. The third kappa shape index (κ3) is 3.31. The van der Waals surface area contributed by atoms with E-state index in [-0.39, 0.29) is 5.75 Å². The predicted octanol–water partition coefficient (Wildman–Crippen LogP) is 4.17. The number of hydrogen-bond donors (Lipinski definition) is 2. The van der Waals surface area contributed by atoms with Crippen LogP contribution in [0.5, 0.6) is 5.75 Å². The van der Waals surface area contributed by atoms with Gasteiger partial charge in [-0.3, -0.25) is 0 Å². The lowest BCUT2D eigenvalue weighted by atomic mass is 10.0. The molecule has 0 saturated heterocycles. The second-order valence-electron chi connectivity index (χ2n) is 4.65. The van der Waals surface area contributed by atoms with Crippen molar-refractivity contribution in [3.63, 3.8) is 0 Å². The molecule has 104 valence electrons. The van der Waals surface area contributed by atoms with Gasteiger partial charge in [0.2, 0.25) is 0 Å². The molecule has 2 N–H and O–H groups in total. The average Bonchev–Trinajstić information content (AvgIpc) is 2.46. The van der Waals surface area contributed by atoms with Crippen LogP contribution in [0.2, 0.25) is 5.02 Å². The molecule has 2 rings (SSSR count). The van der Waals surface area contributed by atoms with Crippen LogP contribution >= 0.6 is 11.6 Å². The van der Waals surface area contributed by atoms with Gasteiger partial charge in [-0.15, -0.1) is 0 Å². The summed E-state index contributed by atoms with van der Waals surface area (Å²) in [6, 6.07) is 13.1. The van der Waals surface area contributed by atoms with Crippen molar-refractivity contribution in [2.45, 2.75) is 19.8 Å². The van der Waals surface area contributed by atoms with Crippen molar-refractivity contribution >= 4 is 17.3 Å². The van der Waals surface area contributed by atoms with E-state index >= 15 is 0 Å². The first-order valence-corrected chi connectivity index (χ1v) is 6.74. The van der Waals surface area contributed by atoms with Gasteiger partial charge in [-0.05, 0) is 43.0 Å². The van der Waals surface area contributed by atoms with Gasteiger partial charge in [-0.1, -0.05) is 47.1 Å². The first-order chi connectivity index (χ1) is 9.61. The fourth-order valence-corrected chi connectivity index (χ4v) is 2.21. The van der Waals surface area contributed by atoms with E-state index in [1.54, 1.807) is 12.1 Å². The molecule has 0 aliphatic carbocycles. The molecule has 0 saturated carbocycles. The van der Waals surface area contributed by atoms with Crippen molar-refractivity contribution in [3.05, 3.63) is 64.2 Å². The largest absolute Gasteiger partial charge is 0.507 e. The Bertz CT molecular complexity index is 624. The lowest BCUT2D eigenvalue weighted by Gasteiger charge is -2.09. The number of aromatic hydroxyl groups is 1. The Morgan fingerprint density at radius 1 is 1.20 bits per heavy atom. The number of halogens is 1. The van der Waals surface area contributed by atoms with Crippen LogP contribution < -0.4 is 0 Å². The summed E-state index contributed by atoms with van der Waals surface area (Å²) < 4.78 is 0. The van der Waals surface area contributed by atoms with E-state index in [2.05, 4.69) is 5.16 Å². The number of phenols is 1. The third-order valence-electron chi connectivity index (χ3n) is 3.20. The monoisotopic (exact) mass is 289 g/mol. The van der Waals surface area contributed by atoms with Crippen LogP contribution in [0.25, 0.3) is 0 Å². The Balaban J connectivity index is 2.19. The Labute approximate surface area is 123 Å². The Kier molecular flexibility index (Phi) is 4.64. The number of hydrogen-bond acceptors (Lipinski definition) is 3. The summed E-state index contributed by atoms with van der Waals surface area (Å²) in [6.45, 7) is 1.81. The maximum absolute atomic E-state index is 9.96. The standard InChI is InChI=1S/C16H16ClNO2/c1-11-9-16(19)13(10-14(11)17)15(18-20)8-7-12-5-3-2-4-6-12/h2-6,9-10,19-20H,7-8H2,1H3. The zero-order valence-electron chi connectivity index (χ0n) is 11.2. The first-order valence-electron chi connectivity index (χ1n) is 6.36. The molecule has 0 amide bonds. The number of oxime groups is 1. The highest BCUT2D eigenvalue weighted by Gasteiger charge is 2.12. The smallest absolute Gasteiger partial charge is 0.125 e. The van der Waals surface area contributed by atoms with E-state index in [1.165, 1.54) is 0 Å². The molecule has 3 nitrogen and oxygen atoms in total. The number of rotatable bonds is 4. The molecule has 0 unspecified atom stereocenters. The lowest BCUT2D eigenvalue weighted by Crippen LogP contribution is -2.04. The molecular formula is C16H16ClNO2.